The highest BCUT2D eigenvalue weighted by Gasteiger charge is 2.61. The van der Waals surface area contributed by atoms with Gasteiger partial charge in [0.15, 0.2) is 0 Å². The number of carbonyl (C=O) groups is 1. The summed E-state index contributed by atoms with van der Waals surface area (Å²) in [4.78, 5) is 12.6. The van der Waals surface area contributed by atoms with Crippen molar-refractivity contribution in [3.05, 3.63) is 29.8 Å². The number of primary sulfonamides is 1. The molecule has 7 heteroatoms. The van der Waals surface area contributed by atoms with Gasteiger partial charge in [-0.15, -0.1) is 0 Å². The lowest BCUT2D eigenvalue weighted by Crippen LogP contribution is -2.50. The van der Waals surface area contributed by atoms with Gasteiger partial charge in [-0.3, -0.25) is 0 Å². The number of sulfonamides is 1. The zero-order valence-corrected chi connectivity index (χ0v) is 16.7. The van der Waals surface area contributed by atoms with Crippen LogP contribution in [0.5, 0.6) is 0 Å². The maximum absolute atomic E-state index is 12.5. The molecular weight excluding hydrogens is 350 g/mol. The van der Waals surface area contributed by atoms with Crippen LogP contribution in [-0.4, -0.2) is 20.5 Å². The van der Waals surface area contributed by atoms with Crippen molar-refractivity contribution >= 4 is 16.1 Å². The number of rotatable bonds is 4. The van der Waals surface area contributed by atoms with Crippen LogP contribution in [0.3, 0.4) is 0 Å². The van der Waals surface area contributed by atoms with E-state index in [4.69, 9.17) is 5.14 Å². The van der Waals surface area contributed by atoms with Crippen LogP contribution >= 0.6 is 0 Å². The molecule has 1 aromatic rings. The number of hydrogen-bond donors (Lipinski definition) is 3. The molecule has 0 heterocycles. The predicted octanol–water partition coefficient (Wildman–Crippen LogP) is 2.91. The van der Waals surface area contributed by atoms with Crippen molar-refractivity contribution in [3.8, 4) is 0 Å². The van der Waals surface area contributed by atoms with E-state index >= 15 is 0 Å². The second-order valence-electron chi connectivity index (χ2n) is 8.62. The first-order valence-corrected chi connectivity index (χ1v) is 10.7. The number of nitrogens with one attached hydrogen (secondary N) is 2. The van der Waals surface area contributed by atoms with E-state index in [0.29, 0.717) is 11.5 Å². The molecule has 0 unspecified atom stereocenters. The van der Waals surface area contributed by atoms with Gasteiger partial charge in [-0.2, -0.15) is 0 Å². The molecule has 2 aliphatic carbocycles. The summed E-state index contributed by atoms with van der Waals surface area (Å²) in [6, 6.07) is 5.99. The summed E-state index contributed by atoms with van der Waals surface area (Å²) in [7, 11) is -3.76. The Morgan fingerprint density at radius 3 is 2.54 bits per heavy atom. The Kier molecular flexibility index (Phi) is 4.60. The van der Waals surface area contributed by atoms with E-state index in [1.54, 1.807) is 12.1 Å². The Morgan fingerprint density at radius 1 is 1.31 bits per heavy atom. The minimum absolute atomic E-state index is 0.0476. The number of urea groups is 1. The molecule has 2 saturated carbocycles. The molecule has 26 heavy (non-hydrogen) atoms. The van der Waals surface area contributed by atoms with Crippen LogP contribution in [0.4, 0.5) is 4.79 Å². The first-order chi connectivity index (χ1) is 11.9. The average molecular weight is 380 g/mol. The second-order valence-corrected chi connectivity index (χ2v) is 10.2. The van der Waals surface area contributed by atoms with Gasteiger partial charge in [0.25, 0.3) is 0 Å². The summed E-state index contributed by atoms with van der Waals surface area (Å²) < 4.78 is 23.0. The summed E-state index contributed by atoms with van der Waals surface area (Å²) in [5.74, 6) is 0.654. The van der Waals surface area contributed by atoms with Gasteiger partial charge in [0.05, 0.1) is 10.9 Å². The van der Waals surface area contributed by atoms with Crippen LogP contribution in [0, 0.1) is 16.7 Å². The van der Waals surface area contributed by atoms with Crippen LogP contribution in [0.15, 0.2) is 29.2 Å². The maximum Gasteiger partial charge on any atom is 0.315 e. The van der Waals surface area contributed by atoms with E-state index in [0.717, 1.165) is 12.8 Å². The molecule has 0 saturated heterocycles. The predicted molar refractivity (Wildman–Crippen MR) is 101 cm³/mol. The van der Waals surface area contributed by atoms with Gasteiger partial charge in [0, 0.05) is 6.04 Å². The molecule has 4 N–H and O–H groups in total. The Hall–Kier alpha value is -1.60. The molecule has 0 aliphatic heterocycles. The van der Waals surface area contributed by atoms with Gasteiger partial charge in [-0.1, -0.05) is 32.9 Å². The third kappa shape index (κ3) is 3.11. The van der Waals surface area contributed by atoms with Gasteiger partial charge in [-0.25, -0.2) is 18.4 Å². The smallest absolute Gasteiger partial charge is 0.315 e. The van der Waals surface area contributed by atoms with Crippen LogP contribution in [0.1, 0.15) is 58.6 Å². The SMILES string of the molecule is C[C@@H](NC(=O)N[C@@H]1C[C@H]2CC[C@@]1(C)C2(C)C)c1cccc(S(N)(=O)=O)c1. The van der Waals surface area contributed by atoms with Crippen LogP contribution in [0.25, 0.3) is 0 Å². The van der Waals surface area contributed by atoms with Gasteiger partial charge >= 0.3 is 6.03 Å². The Morgan fingerprint density at radius 2 is 2.00 bits per heavy atom. The highest BCUT2D eigenvalue weighted by atomic mass is 32.2. The summed E-state index contributed by atoms with van der Waals surface area (Å²) in [6.07, 6.45) is 3.40. The summed E-state index contributed by atoms with van der Waals surface area (Å²) in [5.41, 5.74) is 1.05. The minimum Gasteiger partial charge on any atom is -0.335 e. The van der Waals surface area contributed by atoms with Gasteiger partial charge in [0.2, 0.25) is 10.0 Å². The van der Waals surface area contributed by atoms with Gasteiger partial charge < -0.3 is 10.6 Å². The molecule has 6 nitrogen and oxygen atoms in total. The fourth-order valence-electron chi connectivity index (χ4n) is 4.86. The molecule has 3 rings (SSSR count). The van der Waals surface area contributed by atoms with E-state index in [-0.39, 0.29) is 33.8 Å². The van der Waals surface area contributed by atoms with E-state index in [2.05, 4.69) is 31.4 Å². The van der Waals surface area contributed by atoms with Crippen molar-refractivity contribution in [1.82, 2.24) is 10.6 Å². The molecule has 0 radical (unpaired) electrons. The van der Waals surface area contributed by atoms with Crippen molar-refractivity contribution in [2.45, 2.75) is 63.9 Å². The molecule has 4 atom stereocenters. The molecular formula is C19H29N3O3S. The van der Waals surface area contributed by atoms with Gasteiger partial charge in [-0.05, 0) is 60.6 Å². The fraction of sp³-hybridized carbons (Fsp3) is 0.632. The molecule has 1 aromatic carbocycles. The third-order valence-electron chi connectivity index (χ3n) is 7.13. The lowest BCUT2D eigenvalue weighted by Gasteiger charge is -2.39. The van der Waals surface area contributed by atoms with Crippen molar-refractivity contribution < 1.29 is 13.2 Å². The second kappa shape index (κ2) is 6.23. The molecule has 144 valence electrons. The van der Waals surface area contributed by atoms with E-state index in [9.17, 15) is 13.2 Å². The molecule has 2 aliphatic rings. The molecule has 0 aromatic heterocycles. The number of nitrogens with two attached hydrogens (primary N) is 1. The summed E-state index contributed by atoms with van der Waals surface area (Å²) in [5, 5.41) is 11.3. The number of benzene rings is 1. The van der Waals surface area contributed by atoms with E-state index in [1.165, 1.54) is 18.6 Å². The highest BCUT2D eigenvalue weighted by Crippen LogP contribution is 2.65. The summed E-state index contributed by atoms with van der Waals surface area (Å²) >= 11 is 0. The Bertz CT molecular complexity index is 821. The van der Waals surface area contributed by atoms with E-state index < -0.39 is 10.0 Å². The zero-order valence-electron chi connectivity index (χ0n) is 15.9. The normalized spacial score (nSPS) is 30.8. The average Bonchev–Trinajstić information content (AvgIpc) is 2.87. The lowest BCUT2D eigenvalue weighted by molar-refractivity contribution is 0.123. The van der Waals surface area contributed by atoms with Crippen molar-refractivity contribution in [1.29, 1.82) is 0 Å². The molecule has 2 fully saturated rings. The third-order valence-corrected chi connectivity index (χ3v) is 8.04. The Balaban J connectivity index is 1.66. The van der Waals surface area contributed by atoms with Crippen molar-refractivity contribution in [2.75, 3.05) is 0 Å². The topological polar surface area (TPSA) is 101 Å². The van der Waals surface area contributed by atoms with Crippen molar-refractivity contribution in [2.24, 2.45) is 21.9 Å². The number of carbonyl (C=O) groups excluding carboxylic acids is 1. The zero-order chi connectivity index (χ0) is 19.3. The van der Waals surface area contributed by atoms with Crippen LogP contribution < -0.4 is 15.8 Å². The Labute approximate surface area is 156 Å². The molecule has 0 spiro atoms. The number of hydrogen-bond acceptors (Lipinski definition) is 3. The largest absolute Gasteiger partial charge is 0.335 e. The van der Waals surface area contributed by atoms with Gasteiger partial charge in [0.1, 0.15) is 0 Å². The first kappa shape index (κ1) is 19.2. The quantitative estimate of drug-likeness (QED) is 0.749. The first-order valence-electron chi connectivity index (χ1n) is 9.15. The van der Waals surface area contributed by atoms with Crippen LogP contribution in [0.2, 0.25) is 0 Å². The molecule has 2 amide bonds. The van der Waals surface area contributed by atoms with E-state index in [1.807, 2.05) is 6.92 Å². The standard InChI is InChI=1S/C19H29N3O3S/c1-12(13-6-5-7-15(10-13)26(20,24)25)21-17(23)22-16-11-14-8-9-19(16,4)18(14,2)3/h5-7,10,12,14,16H,8-9,11H2,1-4H3,(H2,20,24,25)(H2,21,22,23)/t12-,14-,16-,19-/m1/s1. The van der Waals surface area contributed by atoms with Crippen molar-refractivity contribution in [3.63, 3.8) is 0 Å². The highest BCUT2D eigenvalue weighted by molar-refractivity contribution is 7.89. The number of fused-ring (bicyclic) bond motifs is 2. The minimum atomic E-state index is -3.76. The molecule has 2 bridgehead atoms. The fourth-order valence-corrected chi connectivity index (χ4v) is 5.43. The summed E-state index contributed by atoms with van der Waals surface area (Å²) in [6.45, 7) is 8.73. The monoisotopic (exact) mass is 379 g/mol. The maximum atomic E-state index is 12.5. The number of amides is 2. The lowest BCUT2D eigenvalue weighted by atomic mass is 9.69. The van der Waals surface area contributed by atoms with Crippen LogP contribution in [-0.2, 0) is 10.0 Å².